The van der Waals surface area contributed by atoms with Gasteiger partial charge in [0.2, 0.25) is 0 Å². The van der Waals surface area contributed by atoms with Gasteiger partial charge in [-0.3, -0.25) is 4.99 Å². The smallest absolute Gasteiger partial charge is 0.410 e. The molecule has 0 radical (unpaired) electrons. The molecule has 1 saturated heterocycles. The van der Waals surface area contributed by atoms with Crippen LogP contribution in [0.2, 0.25) is 0 Å². The highest BCUT2D eigenvalue weighted by molar-refractivity contribution is 6.03. The summed E-state index contributed by atoms with van der Waals surface area (Å²) in [4.78, 5) is 21.7. The van der Waals surface area contributed by atoms with Crippen LogP contribution in [0.5, 0.6) is 0 Å². The topological polar surface area (TPSA) is 45.1 Å². The summed E-state index contributed by atoms with van der Waals surface area (Å²) in [7, 11) is 0. The third kappa shape index (κ3) is 7.53. The maximum atomic E-state index is 12.7. The Morgan fingerprint density at radius 2 is 1.81 bits per heavy atom. The normalized spacial score (nSPS) is 19.8. The number of allylic oxidation sites excluding steroid dienone is 5. The molecule has 1 amide bonds. The quantitative estimate of drug-likeness (QED) is 0.314. The maximum Gasteiger partial charge on any atom is 0.410 e. The van der Waals surface area contributed by atoms with E-state index in [-0.39, 0.29) is 11.6 Å². The molecule has 0 saturated carbocycles. The summed E-state index contributed by atoms with van der Waals surface area (Å²) >= 11 is 0. The number of carbonyl (C=O) groups is 1. The van der Waals surface area contributed by atoms with Crippen LogP contribution in [0, 0.1) is 5.92 Å². The van der Waals surface area contributed by atoms with Gasteiger partial charge >= 0.3 is 6.09 Å². The van der Waals surface area contributed by atoms with Gasteiger partial charge in [-0.15, -0.1) is 0 Å². The number of carbonyl (C=O) groups excluding carboxylic acids is 1. The lowest BCUT2D eigenvalue weighted by Crippen LogP contribution is -2.60. The molecule has 0 bridgehead atoms. The number of aliphatic imine (C=N–C) groups is 1. The van der Waals surface area contributed by atoms with E-state index in [2.05, 4.69) is 72.4 Å². The fraction of sp³-hybridized carbons (Fsp3) is 0.704. The molecule has 1 heterocycles. The predicted molar refractivity (Wildman–Crippen MR) is 137 cm³/mol. The van der Waals surface area contributed by atoms with Gasteiger partial charge in [0.1, 0.15) is 5.60 Å². The minimum atomic E-state index is -0.488. The predicted octanol–water partition coefficient (Wildman–Crippen LogP) is 6.97. The lowest BCUT2D eigenvalue weighted by molar-refractivity contribution is -0.00575. The first kappa shape index (κ1) is 28.0. The molecule has 5 nitrogen and oxygen atoms in total. The van der Waals surface area contributed by atoms with Gasteiger partial charge in [0.15, 0.2) is 0 Å². The number of piperazine rings is 1. The van der Waals surface area contributed by atoms with Crippen molar-refractivity contribution >= 4 is 11.8 Å². The van der Waals surface area contributed by atoms with Gasteiger partial charge in [-0.25, -0.2) is 4.79 Å². The van der Waals surface area contributed by atoms with Gasteiger partial charge in [-0.05, 0) is 79.7 Å². The Bertz CT molecular complexity index is 766. The molecule has 0 aromatic rings. The molecule has 0 aromatic carbocycles. The molecule has 0 aliphatic carbocycles. The Balaban J connectivity index is 3.39. The van der Waals surface area contributed by atoms with Crippen LogP contribution in [0.15, 0.2) is 40.2 Å². The average Bonchev–Trinajstić information content (AvgIpc) is 2.68. The molecule has 182 valence electrons. The lowest BCUT2D eigenvalue weighted by atomic mass is 9.86. The largest absolute Gasteiger partial charge is 0.444 e. The lowest BCUT2D eigenvalue weighted by Gasteiger charge is -2.49. The van der Waals surface area contributed by atoms with Crippen molar-refractivity contribution < 1.29 is 9.53 Å². The number of hydrogen-bond acceptors (Lipinski definition) is 4. The van der Waals surface area contributed by atoms with Crippen LogP contribution in [0.3, 0.4) is 0 Å². The number of rotatable bonds is 7. The highest BCUT2D eigenvalue weighted by atomic mass is 16.6. The van der Waals surface area contributed by atoms with E-state index in [1.807, 2.05) is 31.9 Å². The molecule has 1 fully saturated rings. The van der Waals surface area contributed by atoms with Crippen LogP contribution in [-0.4, -0.2) is 52.4 Å². The molecule has 1 rings (SSSR count). The van der Waals surface area contributed by atoms with Gasteiger partial charge in [0.25, 0.3) is 0 Å². The Hall–Kier alpha value is -2.04. The minimum Gasteiger partial charge on any atom is -0.444 e. The second kappa shape index (κ2) is 11.7. The van der Waals surface area contributed by atoms with Crippen molar-refractivity contribution in [1.82, 2.24) is 9.80 Å². The van der Waals surface area contributed by atoms with Crippen LogP contribution >= 0.6 is 0 Å². The first-order chi connectivity index (χ1) is 14.8. The average molecular weight is 446 g/mol. The molecule has 0 aromatic heterocycles. The summed E-state index contributed by atoms with van der Waals surface area (Å²) in [6.45, 7) is 25.2. The zero-order chi connectivity index (χ0) is 24.7. The standard InChI is InChI=1S/C27H47N3O2/c1-12-15-16-28-21(5)24(23(14-3)20(4)13-2)22(6)30-18-17-29(19-27(30,10)11)25(31)32-26(7,8)9/h14-16,20H,12-13,17-19H2,1-11H3/b16-15+,23-14-,24-22-,28-21+. The molecule has 5 heteroatoms. The zero-order valence-corrected chi connectivity index (χ0v) is 22.5. The number of hydrogen-bond donors (Lipinski definition) is 0. The van der Waals surface area contributed by atoms with Crippen molar-refractivity contribution in [2.75, 3.05) is 19.6 Å². The second-order valence-corrected chi connectivity index (χ2v) is 10.4. The second-order valence-electron chi connectivity index (χ2n) is 10.4. The van der Waals surface area contributed by atoms with Crippen molar-refractivity contribution in [3.05, 3.63) is 35.2 Å². The monoisotopic (exact) mass is 445 g/mol. The summed E-state index contributed by atoms with van der Waals surface area (Å²) < 4.78 is 5.63. The maximum absolute atomic E-state index is 12.7. The van der Waals surface area contributed by atoms with E-state index in [4.69, 9.17) is 9.73 Å². The van der Waals surface area contributed by atoms with E-state index >= 15 is 0 Å². The fourth-order valence-electron chi connectivity index (χ4n) is 4.30. The summed E-state index contributed by atoms with van der Waals surface area (Å²) in [6, 6.07) is 0. The van der Waals surface area contributed by atoms with Crippen LogP contribution in [0.1, 0.15) is 89.0 Å². The van der Waals surface area contributed by atoms with Gasteiger partial charge in [-0.1, -0.05) is 32.9 Å². The first-order valence-corrected chi connectivity index (χ1v) is 12.1. The molecule has 0 N–H and O–H groups in total. The minimum absolute atomic E-state index is 0.224. The van der Waals surface area contributed by atoms with Crippen molar-refractivity contribution in [2.24, 2.45) is 10.9 Å². The van der Waals surface area contributed by atoms with Gasteiger partial charge < -0.3 is 14.5 Å². The summed E-state index contributed by atoms with van der Waals surface area (Å²) in [5.41, 5.74) is 4.10. The van der Waals surface area contributed by atoms with Crippen molar-refractivity contribution in [3.8, 4) is 0 Å². The van der Waals surface area contributed by atoms with Crippen LogP contribution in [0.4, 0.5) is 4.79 Å². The van der Waals surface area contributed by atoms with Gasteiger partial charge in [-0.2, -0.15) is 0 Å². The Kier molecular flexibility index (Phi) is 10.2. The van der Waals surface area contributed by atoms with E-state index < -0.39 is 5.60 Å². The van der Waals surface area contributed by atoms with E-state index in [0.717, 1.165) is 25.1 Å². The summed E-state index contributed by atoms with van der Waals surface area (Å²) in [6.07, 6.45) is 8.04. The van der Waals surface area contributed by atoms with E-state index in [1.54, 1.807) is 0 Å². The van der Waals surface area contributed by atoms with E-state index in [9.17, 15) is 4.79 Å². The Labute approximate surface area is 197 Å². The SMILES string of the molecule is C\C=C(C(/C(C)=N/C=C/CC)=C(/C)N1CCN(C(=O)OC(C)(C)C)CC1(C)C)\C(C)CC. The molecular formula is C27H47N3O2. The van der Waals surface area contributed by atoms with Gasteiger partial charge in [0.05, 0.1) is 5.54 Å². The molecule has 0 spiro atoms. The third-order valence-corrected chi connectivity index (χ3v) is 6.03. The Morgan fingerprint density at radius 1 is 1.19 bits per heavy atom. The third-order valence-electron chi connectivity index (χ3n) is 6.03. The number of amides is 1. The van der Waals surface area contributed by atoms with Crippen LogP contribution in [0.25, 0.3) is 0 Å². The molecule has 1 atom stereocenters. The van der Waals surface area contributed by atoms with Crippen molar-refractivity contribution in [2.45, 2.75) is 100 Å². The fourth-order valence-corrected chi connectivity index (χ4v) is 4.30. The molecule has 1 aliphatic heterocycles. The molecular weight excluding hydrogens is 398 g/mol. The zero-order valence-electron chi connectivity index (χ0n) is 22.5. The van der Waals surface area contributed by atoms with Crippen LogP contribution < -0.4 is 0 Å². The summed E-state index contributed by atoms with van der Waals surface area (Å²) in [5, 5.41) is 0. The highest BCUT2D eigenvalue weighted by Gasteiger charge is 2.38. The molecule has 1 unspecified atom stereocenters. The number of ether oxygens (including phenoxy) is 1. The van der Waals surface area contributed by atoms with Crippen LogP contribution in [-0.2, 0) is 4.74 Å². The molecule has 32 heavy (non-hydrogen) atoms. The Morgan fingerprint density at radius 3 is 2.28 bits per heavy atom. The highest BCUT2D eigenvalue weighted by Crippen LogP contribution is 2.33. The first-order valence-electron chi connectivity index (χ1n) is 12.1. The van der Waals surface area contributed by atoms with Gasteiger partial charge in [0, 0.05) is 42.8 Å². The van der Waals surface area contributed by atoms with Crippen molar-refractivity contribution in [1.29, 1.82) is 0 Å². The van der Waals surface area contributed by atoms with E-state index in [0.29, 0.717) is 19.0 Å². The van der Waals surface area contributed by atoms with E-state index in [1.165, 1.54) is 16.8 Å². The molecule has 1 aliphatic rings. The van der Waals surface area contributed by atoms with Crippen molar-refractivity contribution in [3.63, 3.8) is 0 Å². The summed E-state index contributed by atoms with van der Waals surface area (Å²) in [5.74, 6) is 0.441. The number of nitrogens with zero attached hydrogens (tertiary/aromatic N) is 3.